The Morgan fingerprint density at radius 1 is 1.29 bits per heavy atom. The van der Waals surface area contributed by atoms with Crippen LogP contribution in [0.4, 0.5) is 0 Å². The number of rotatable bonds is 9. The minimum absolute atomic E-state index is 0.0245. The number of carbonyl (C=O) groups is 1. The van der Waals surface area contributed by atoms with Crippen LogP contribution in [0.15, 0.2) is 29.4 Å². The van der Waals surface area contributed by atoms with Crippen LogP contribution < -0.4 is 11.1 Å². The van der Waals surface area contributed by atoms with Gasteiger partial charge in [-0.2, -0.15) is 11.8 Å². The van der Waals surface area contributed by atoms with E-state index in [1.54, 1.807) is 12.1 Å². The fourth-order valence-electron chi connectivity index (χ4n) is 1.87. The van der Waals surface area contributed by atoms with Gasteiger partial charge in [-0.25, -0.2) is 0 Å². The average molecular weight is 309 g/mol. The highest BCUT2D eigenvalue weighted by Gasteiger charge is 2.04. The molecule has 116 valence electrons. The standard InChI is InChI=1S/C15H23N3O2S/c1-21-10-4-2-3-9-17-14(19)11-12-5-7-13(8-6-12)15(16)18-20/h5-8,20H,2-4,9-11H2,1H3,(H2,16,18)(H,17,19). The predicted octanol–water partition coefficient (Wildman–Crippen LogP) is 1.97. The summed E-state index contributed by atoms with van der Waals surface area (Å²) >= 11 is 1.85. The Balaban J connectivity index is 2.28. The number of nitrogens with zero attached hydrogens (tertiary/aromatic N) is 1. The lowest BCUT2D eigenvalue weighted by molar-refractivity contribution is -0.120. The Bertz CT molecular complexity index is 460. The number of hydrogen-bond acceptors (Lipinski definition) is 4. The zero-order valence-corrected chi connectivity index (χ0v) is 13.2. The van der Waals surface area contributed by atoms with Crippen LogP contribution in [0.3, 0.4) is 0 Å². The Morgan fingerprint density at radius 3 is 2.62 bits per heavy atom. The largest absolute Gasteiger partial charge is 0.409 e. The number of amides is 1. The number of thioether (sulfide) groups is 1. The monoisotopic (exact) mass is 309 g/mol. The van der Waals surface area contributed by atoms with Gasteiger partial charge in [0.2, 0.25) is 5.91 Å². The molecule has 0 spiro atoms. The molecule has 21 heavy (non-hydrogen) atoms. The highest BCUT2D eigenvalue weighted by Crippen LogP contribution is 2.05. The zero-order valence-electron chi connectivity index (χ0n) is 12.3. The molecule has 1 amide bonds. The number of benzene rings is 1. The molecule has 0 saturated heterocycles. The second-order valence-corrected chi connectivity index (χ2v) is 5.75. The Hall–Kier alpha value is -1.69. The number of unbranched alkanes of at least 4 members (excludes halogenated alkanes) is 2. The van der Waals surface area contributed by atoms with Crippen molar-refractivity contribution < 1.29 is 10.0 Å². The van der Waals surface area contributed by atoms with Gasteiger partial charge >= 0.3 is 0 Å². The van der Waals surface area contributed by atoms with E-state index in [2.05, 4.69) is 16.7 Å². The fraction of sp³-hybridized carbons (Fsp3) is 0.467. The van der Waals surface area contributed by atoms with Crippen LogP contribution in [0.5, 0.6) is 0 Å². The minimum atomic E-state index is 0.0245. The van der Waals surface area contributed by atoms with E-state index in [4.69, 9.17) is 10.9 Å². The van der Waals surface area contributed by atoms with Crippen LogP contribution >= 0.6 is 11.8 Å². The minimum Gasteiger partial charge on any atom is -0.409 e. The summed E-state index contributed by atoms with van der Waals surface area (Å²) in [4.78, 5) is 11.8. The van der Waals surface area contributed by atoms with Gasteiger partial charge in [-0.1, -0.05) is 35.8 Å². The molecule has 0 aliphatic carbocycles. The van der Waals surface area contributed by atoms with Crippen molar-refractivity contribution in [2.75, 3.05) is 18.6 Å². The number of nitrogens with one attached hydrogen (secondary N) is 1. The van der Waals surface area contributed by atoms with Crippen LogP contribution in [0.2, 0.25) is 0 Å². The second kappa shape index (κ2) is 10.1. The first-order valence-electron chi connectivity index (χ1n) is 7.00. The van der Waals surface area contributed by atoms with Crippen molar-refractivity contribution in [3.8, 4) is 0 Å². The maximum Gasteiger partial charge on any atom is 0.224 e. The molecule has 0 unspecified atom stereocenters. The van der Waals surface area contributed by atoms with Crippen molar-refractivity contribution in [2.45, 2.75) is 25.7 Å². The smallest absolute Gasteiger partial charge is 0.224 e. The fourth-order valence-corrected chi connectivity index (χ4v) is 2.37. The third kappa shape index (κ3) is 7.04. The summed E-state index contributed by atoms with van der Waals surface area (Å²) in [5.74, 6) is 1.27. The Morgan fingerprint density at radius 2 is 2.00 bits per heavy atom. The first kappa shape index (κ1) is 17.4. The van der Waals surface area contributed by atoms with Gasteiger partial charge in [-0.3, -0.25) is 4.79 Å². The maximum atomic E-state index is 11.8. The molecule has 0 saturated carbocycles. The molecule has 0 fully saturated rings. The van der Waals surface area contributed by atoms with E-state index in [1.165, 1.54) is 12.2 Å². The molecule has 0 bridgehead atoms. The van der Waals surface area contributed by atoms with Gasteiger partial charge in [0.1, 0.15) is 0 Å². The summed E-state index contributed by atoms with van der Waals surface area (Å²) in [6.07, 6.45) is 5.82. The van der Waals surface area contributed by atoms with Gasteiger partial charge in [0.05, 0.1) is 6.42 Å². The average Bonchev–Trinajstić information content (AvgIpc) is 2.50. The molecule has 1 rings (SSSR count). The normalized spacial score (nSPS) is 11.4. The van der Waals surface area contributed by atoms with Crippen molar-refractivity contribution in [3.05, 3.63) is 35.4 Å². The van der Waals surface area contributed by atoms with Crippen molar-refractivity contribution in [1.82, 2.24) is 5.32 Å². The second-order valence-electron chi connectivity index (χ2n) is 4.76. The van der Waals surface area contributed by atoms with E-state index in [0.29, 0.717) is 12.0 Å². The van der Waals surface area contributed by atoms with E-state index >= 15 is 0 Å². The molecule has 4 N–H and O–H groups in total. The third-order valence-corrected chi connectivity index (χ3v) is 3.77. The van der Waals surface area contributed by atoms with Gasteiger partial charge < -0.3 is 16.3 Å². The SMILES string of the molecule is CSCCCCCNC(=O)Cc1ccc(/C(N)=N/O)cc1. The van der Waals surface area contributed by atoms with Crippen molar-refractivity contribution >= 4 is 23.5 Å². The van der Waals surface area contributed by atoms with Gasteiger partial charge in [-0.15, -0.1) is 0 Å². The molecule has 0 radical (unpaired) electrons. The first-order valence-corrected chi connectivity index (χ1v) is 8.39. The molecule has 0 aromatic heterocycles. The lowest BCUT2D eigenvalue weighted by Crippen LogP contribution is -2.26. The summed E-state index contributed by atoms with van der Waals surface area (Å²) in [7, 11) is 0. The van der Waals surface area contributed by atoms with Crippen molar-refractivity contribution in [2.24, 2.45) is 10.9 Å². The summed E-state index contributed by atoms with van der Waals surface area (Å²) in [6.45, 7) is 0.732. The lowest BCUT2D eigenvalue weighted by Gasteiger charge is -2.06. The Labute approximate surface area is 130 Å². The number of amidine groups is 1. The molecule has 0 aliphatic rings. The van der Waals surface area contributed by atoms with Gasteiger partial charge in [0.25, 0.3) is 0 Å². The van der Waals surface area contributed by atoms with Gasteiger partial charge in [-0.05, 0) is 30.4 Å². The summed E-state index contributed by atoms with van der Waals surface area (Å²) in [6, 6.07) is 7.09. The van der Waals surface area contributed by atoms with Gasteiger partial charge in [0, 0.05) is 12.1 Å². The van der Waals surface area contributed by atoms with Crippen molar-refractivity contribution in [3.63, 3.8) is 0 Å². The van der Waals surface area contributed by atoms with Crippen LogP contribution in [0.1, 0.15) is 30.4 Å². The third-order valence-electron chi connectivity index (χ3n) is 3.07. The first-order chi connectivity index (χ1) is 10.2. The van der Waals surface area contributed by atoms with Crippen LogP contribution in [-0.4, -0.2) is 35.5 Å². The molecular formula is C15H23N3O2S. The number of carbonyl (C=O) groups excluding carboxylic acids is 1. The topological polar surface area (TPSA) is 87.7 Å². The van der Waals surface area contributed by atoms with Crippen LogP contribution in [0.25, 0.3) is 0 Å². The van der Waals surface area contributed by atoms with E-state index in [-0.39, 0.29) is 11.7 Å². The highest BCUT2D eigenvalue weighted by atomic mass is 32.2. The van der Waals surface area contributed by atoms with Crippen LogP contribution in [0, 0.1) is 0 Å². The lowest BCUT2D eigenvalue weighted by atomic mass is 10.1. The van der Waals surface area contributed by atoms with Crippen LogP contribution in [-0.2, 0) is 11.2 Å². The van der Waals surface area contributed by atoms with Crippen molar-refractivity contribution in [1.29, 1.82) is 0 Å². The molecule has 1 aromatic rings. The summed E-state index contributed by atoms with van der Waals surface area (Å²) < 4.78 is 0. The molecule has 0 heterocycles. The maximum absolute atomic E-state index is 11.8. The molecule has 5 nitrogen and oxygen atoms in total. The molecule has 0 atom stereocenters. The van der Waals surface area contributed by atoms with E-state index < -0.39 is 0 Å². The zero-order chi connectivity index (χ0) is 15.5. The van der Waals surface area contributed by atoms with Gasteiger partial charge in [0.15, 0.2) is 5.84 Å². The number of nitrogens with two attached hydrogens (primary N) is 1. The van der Waals surface area contributed by atoms with E-state index in [1.807, 2.05) is 23.9 Å². The Kier molecular flexibility index (Phi) is 8.35. The molecule has 6 heteroatoms. The predicted molar refractivity (Wildman–Crippen MR) is 87.9 cm³/mol. The molecule has 1 aromatic carbocycles. The molecular weight excluding hydrogens is 286 g/mol. The molecule has 0 aliphatic heterocycles. The summed E-state index contributed by atoms with van der Waals surface area (Å²) in [5, 5.41) is 14.4. The van der Waals surface area contributed by atoms with E-state index in [9.17, 15) is 4.79 Å². The van der Waals surface area contributed by atoms with E-state index in [0.717, 1.165) is 24.9 Å². The number of hydrogen-bond donors (Lipinski definition) is 3. The summed E-state index contributed by atoms with van der Waals surface area (Å²) in [5.41, 5.74) is 7.02. The quantitative estimate of drug-likeness (QED) is 0.214. The highest BCUT2D eigenvalue weighted by molar-refractivity contribution is 7.98. The number of oxime groups is 1.